The van der Waals surface area contributed by atoms with E-state index in [0.717, 1.165) is 6.54 Å². The fourth-order valence-electron chi connectivity index (χ4n) is 0.724. The molecule has 0 saturated carbocycles. The minimum absolute atomic E-state index is 0.391. The van der Waals surface area contributed by atoms with E-state index in [1.165, 1.54) is 5.54 Å². The van der Waals surface area contributed by atoms with Gasteiger partial charge < -0.3 is 0 Å². The molecule has 2 nitrogen and oxygen atoms in total. The normalized spacial score (nSPS) is 11.3. The fourth-order valence-corrected chi connectivity index (χ4v) is 0.804. The first-order valence-corrected chi connectivity index (χ1v) is 4.02. The van der Waals surface area contributed by atoms with Gasteiger partial charge in [-0.05, 0) is 13.8 Å². The van der Waals surface area contributed by atoms with Gasteiger partial charge in [-0.25, -0.2) is 0 Å². The summed E-state index contributed by atoms with van der Waals surface area (Å²) in [4.78, 5) is 2.03. The van der Waals surface area contributed by atoms with Crippen LogP contribution in [0.4, 0.5) is 0 Å². The molecule has 0 spiro atoms. The molecule has 0 heterocycles. The van der Waals surface area contributed by atoms with E-state index in [-0.39, 0.29) is 0 Å². The largest absolute Gasteiger partial charge is 0.284 e. The smallest absolute Gasteiger partial charge is 0.0870 e. The molecule has 0 unspecified atom stereocenters. The average Bonchev–Trinajstić information content (AvgIpc) is 1.97. The highest BCUT2D eigenvalue weighted by atomic mass is 35.5. The van der Waals surface area contributed by atoms with Crippen LogP contribution in [-0.2, 0) is 0 Å². The molecular weight excluding hydrogens is 160 g/mol. The van der Waals surface area contributed by atoms with Crippen LogP contribution >= 0.6 is 11.6 Å². The summed E-state index contributed by atoms with van der Waals surface area (Å²) < 4.78 is 0. The molecule has 0 aromatic rings. The molecule has 3 heteroatoms. The van der Waals surface area contributed by atoms with Crippen molar-refractivity contribution in [3.8, 4) is 6.07 Å². The third-order valence-electron chi connectivity index (χ3n) is 1.43. The van der Waals surface area contributed by atoms with Crippen molar-refractivity contribution < 1.29 is 0 Å². The lowest BCUT2D eigenvalue weighted by Gasteiger charge is -2.20. The van der Waals surface area contributed by atoms with E-state index in [1.807, 2.05) is 11.0 Å². The zero-order valence-electron chi connectivity index (χ0n) is 6.92. The molecule has 62 valence electrons. The Hall–Kier alpha value is -0.520. The third kappa shape index (κ3) is 4.83. The fraction of sp³-hybridized carbons (Fsp3) is 0.625. The lowest BCUT2D eigenvalue weighted by Crippen LogP contribution is -2.31. The quantitative estimate of drug-likeness (QED) is 0.607. The van der Waals surface area contributed by atoms with Crippen LogP contribution in [0.25, 0.3) is 0 Å². The van der Waals surface area contributed by atoms with Gasteiger partial charge in [0.1, 0.15) is 0 Å². The van der Waals surface area contributed by atoms with Crippen LogP contribution in [0, 0.1) is 11.3 Å². The zero-order chi connectivity index (χ0) is 8.69. The molecule has 0 aliphatic carbocycles. The number of hydrogen-bond donors (Lipinski definition) is 0. The highest BCUT2D eigenvalue weighted by molar-refractivity contribution is 6.25. The van der Waals surface area contributed by atoms with E-state index in [0.29, 0.717) is 12.6 Å². The Bertz CT molecular complexity index is 158. The Morgan fingerprint density at radius 1 is 1.64 bits per heavy atom. The second-order valence-electron chi connectivity index (χ2n) is 2.54. The lowest BCUT2D eigenvalue weighted by molar-refractivity contribution is 0.276. The van der Waals surface area contributed by atoms with Gasteiger partial charge in [-0.2, -0.15) is 5.26 Å². The highest BCUT2D eigenvalue weighted by Crippen LogP contribution is 1.97. The van der Waals surface area contributed by atoms with Gasteiger partial charge in [-0.3, -0.25) is 4.90 Å². The summed E-state index contributed by atoms with van der Waals surface area (Å²) >= 11 is 5.36. The summed E-state index contributed by atoms with van der Waals surface area (Å²) in [5, 5.41) is 8.44. The zero-order valence-corrected chi connectivity index (χ0v) is 7.67. The van der Waals surface area contributed by atoms with Crippen LogP contribution in [-0.4, -0.2) is 24.0 Å². The maximum atomic E-state index is 8.44. The minimum Gasteiger partial charge on any atom is -0.284 e. The molecule has 0 aromatic heterocycles. The molecule has 0 amide bonds. The van der Waals surface area contributed by atoms with Crippen molar-refractivity contribution in [3.63, 3.8) is 0 Å². The Morgan fingerprint density at radius 2 is 2.27 bits per heavy atom. The summed E-state index contributed by atoms with van der Waals surface area (Å²) in [5.74, 6) is 0. The number of nitriles is 1. The van der Waals surface area contributed by atoms with Crippen molar-refractivity contribution >= 4 is 11.6 Å². The second-order valence-corrected chi connectivity index (χ2v) is 2.79. The number of nitrogens with zero attached hydrogens (tertiary/aromatic N) is 2. The predicted octanol–water partition coefficient (Wildman–Crippen LogP) is 1.97. The summed E-state index contributed by atoms with van der Waals surface area (Å²) in [7, 11) is 0. The first kappa shape index (κ1) is 10.5. The SMILES string of the molecule is CC(C)N(CC#N)CC=CCl. The van der Waals surface area contributed by atoms with E-state index in [1.54, 1.807) is 0 Å². The Labute approximate surface area is 73.1 Å². The molecule has 0 radical (unpaired) electrons. The molecular formula is C8H13ClN2. The minimum atomic E-state index is 0.391. The molecule has 11 heavy (non-hydrogen) atoms. The average molecular weight is 173 g/mol. The number of rotatable bonds is 4. The maximum Gasteiger partial charge on any atom is 0.0870 e. The Kier molecular flexibility index (Phi) is 5.91. The van der Waals surface area contributed by atoms with Gasteiger partial charge in [-0.1, -0.05) is 17.7 Å². The Balaban J connectivity index is 3.81. The first-order valence-electron chi connectivity index (χ1n) is 3.58. The van der Waals surface area contributed by atoms with Gasteiger partial charge >= 0.3 is 0 Å². The van der Waals surface area contributed by atoms with E-state index in [9.17, 15) is 0 Å². The van der Waals surface area contributed by atoms with Gasteiger partial charge in [0.15, 0.2) is 0 Å². The van der Waals surface area contributed by atoms with E-state index in [2.05, 4.69) is 19.9 Å². The molecule has 0 atom stereocenters. The van der Waals surface area contributed by atoms with Crippen molar-refractivity contribution in [2.45, 2.75) is 19.9 Å². The highest BCUT2D eigenvalue weighted by Gasteiger charge is 2.05. The summed E-state index contributed by atoms with van der Waals surface area (Å²) in [5.41, 5.74) is 1.48. The van der Waals surface area contributed by atoms with E-state index >= 15 is 0 Å². The van der Waals surface area contributed by atoms with Crippen LogP contribution in [0.15, 0.2) is 11.6 Å². The number of hydrogen-bond acceptors (Lipinski definition) is 2. The molecule has 0 N–H and O–H groups in total. The lowest BCUT2D eigenvalue weighted by atomic mass is 10.3. The van der Waals surface area contributed by atoms with E-state index < -0.39 is 0 Å². The molecule has 0 aliphatic rings. The van der Waals surface area contributed by atoms with Gasteiger partial charge in [-0.15, -0.1) is 0 Å². The molecule has 0 saturated heterocycles. The van der Waals surface area contributed by atoms with Crippen LogP contribution in [0.2, 0.25) is 0 Å². The third-order valence-corrected chi connectivity index (χ3v) is 1.61. The predicted molar refractivity (Wildman–Crippen MR) is 47.3 cm³/mol. The molecule has 0 bridgehead atoms. The van der Waals surface area contributed by atoms with Crippen molar-refractivity contribution in [2.24, 2.45) is 0 Å². The van der Waals surface area contributed by atoms with Gasteiger partial charge in [0.05, 0.1) is 12.6 Å². The number of halogens is 1. The molecule has 0 fully saturated rings. The van der Waals surface area contributed by atoms with Crippen molar-refractivity contribution in [3.05, 3.63) is 11.6 Å². The van der Waals surface area contributed by atoms with Gasteiger partial charge in [0.2, 0.25) is 0 Å². The monoisotopic (exact) mass is 172 g/mol. The van der Waals surface area contributed by atoms with Gasteiger partial charge in [0.25, 0.3) is 0 Å². The molecule has 0 aromatic carbocycles. The maximum absolute atomic E-state index is 8.44. The van der Waals surface area contributed by atoms with Crippen LogP contribution in [0.5, 0.6) is 0 Å². The van der Waals surface area contributed by atoms with Gasteiger partial charge in [0, 0.05) is 18.1 Å². The summed E-state index contributed by atoms with van der Waals surface area (Å²) in [6.45, 7) is 5.31. The van der Waals surface area contributed by atoms with Crippen molar-refractivity contribution in [1.29, 1.82) is 5.26 Å². The summed E-state index contributed by atoms with van der Waals surface area (Å²) in [6.07, 6.45) is 1.83. The van der Waals surface area contributed by atoms with Crippen LogP contribution in [0.3, 0.4) is 0 Å². The van der Waals surface area contributed by atoms with Crippen molar-refractivity contribution in [1.82, 2.24) is 4.90 Å². The van der Waals surface area contributed by atoms with E-state index in [4.69, 9.17) is 16.9 Å². The van der Waals surface area contributed by atoms with Crippen LogP contribution in [0.1, 0.15) is 13.8 Å². The molecule has 0 aliphatic heterocycles. The van der Waals surface area contributed by atoms with Crippen molar-refractivity contribution in [2.75, 3.05) is 13.1 Å². The summed E-state index contributed by atoms with van der Waals surface area (Å²) in [6, 6.07) is 2.50. The standard InChI is InChI=1S/C8H13ClN2/c1-8(2)11(7-5-10)6-3-4-9/h3-4,8H,6-7H2,1-2H3. The first-order chi connectivity index (χ1) is 5.22. The Morgan fingerprint density at radius 3 is 2.64 bits per heavy atom. The molecule has 0 rings (SSSR count). The second kappa shape index (κ2) is 6.21. The topological polar surface area (TPSA) is 27.0 Å². The van der Waals surface area contributed by atoms with Crippen LogP contribution < -0.4 is 0 Å².